The summed E-state index contributed by atoms with van der Waals surface area (Å²) in [6, 6.07) is 4.74. The molecule has 1 aromatic heterocycles. The highest BCUT2D eigenvalue weighted by Crippen LogP contribution is 2.20. The van der Waals surface area contributed by atoms with Gasteiger partial charge in [0.05, 0.1) is 6.04 Å². The summed E-state index contributed by atoms with van der Waals surface area (Å²) >= 11 is 3.23. The van der Waals surface area contributed by atoms with Gasteiger partial charge in [0.1, 0.15) is 11.5 Å². The van der Waals surface area contributed by atoms with Gasteiger partial charge in [0.2, 0.25) is 0 Å². The van der Waals surface area contributed by atoms with Crippen LogP contribution in [0.2, 0.25) is 0 Å². The summed E-state index contributed by atoms with van der Waals surface area (Å²) < 4.78 is 16.1. The van der Waals surface area contributed by atoms with Crippen molar-refractivity contribution >= 4 is 15.9 Å². The average molecular weight is 342 g/mol. The van der Waals surface area contributed by atoms with Crippen molar-refractivity contribution in [3.8, 4) is 5.69 Å². The Labute approximate surface area is 125 Å². The van der Waals surface area contributed by atoms with Crippen LogP contribution in [0.15, 0.2) is 22.7 Å². The number of rotatable bonds is 5. The van der Waals surface area contributed by atoms with Crippen LogP contribution in [0.25, 0.3) is 5.69 Å². The van der Waals surface area contributed by atoms with Gasteiger partial charge in [-0.25, -0.2) is 4.39 Å². The molecule has 0 radical (unpaired) electrons. The molecule has 0 spiro atoms. The van der Waals surface area contributed by atoms with Gasteiger partial charge in [-0.1, -0.05) is 29.8 Å². The van der Waals surface area contributed by atoms with Gasteiger partial charge in [-0.05, 0) is 48.0 Å². The van der Waals surface area contributed by atoms with Crippen LogP contribution >= 0.6 is 15.9 Å². The number of tetrazole rings is 1. The van der Waals surface area contributed by atoms with E-state index in [1.807, 2.05) is 6.92 Å². The van der Waals surface area contributed by atoms with Crippen molar-refractivity contribution in [2.24, 2.45) is 5.92 Å². The molecule has 2 aromatic rings. The second-order valence-corrected chi connectivity index (χ2v) is 5.98. The normalized spacial score (nSPS) is 12.9. The Kier molecular flexibility index (Phi) is 4.82. The van der Waals surface area contributed by atoms with Crippen molar-refractivity contribution in [3.63, 3.8) is 0 Å². The van der Waals surface area contributed by atoms with E-state index in [9.17, 15) is 4.39 Å². The lowest BCUT2D eigenvalue weighted by molar-refractivity contribution is 0.473. The molecule has 0 amide bonds. The summed E-state index contributed by atoms with van der Waals surface area (Å²) in [7, 11) is 0. The Bertz CT molecular complexity index is 584. The zero-order valence-corrected chi connectivity index (χ0v) is 13.2. The fourth-order valence-corrected chi connectivity index (χ4v) is 2.13. The van der Waals surface area contributed by atoms with E-state index in [2.05, 4.69) is 50.6 Å². The van der Waals surface area contributed by atoms with Gasteiger partial charge in [-0.2, -0.15) is 4.68 Å². The molecule has 7 heteroatoms. The molecule has 0 aliphatic rings. The molecule has 0 aliphatic carbocycles. The van der Waals surface area contributed by atoms with Gasteiger partial charge in [0, 0.05) is 4.47 Å². The molecule has 1 unspecified atom stereocenters. The Morgan fingerprint density at radius 1 is 1.35 bits per heavy atom. The quantitative estimate of drug-likeness (QED) is 0.908. The van der Waals surface area contributed by atoms with Crippen LogP contribution in [-0.2, 0) is 0 Å². The van der Waals surface area contributed by atoms with Gasteiger partial charge in [-0.15, -0.1) is 5.10 Å². The minimum absolute atomic E-state index is 0.0598. The van der Waals surface area contributed by atoms with Gasteiger partial charge >= 0.3 is 0 Å². The second-order valence-electron chi connectivity index (χ2n) is 5.07. The molecule has 108 valence electrons. The highest BCUT2D eigenvalue weighted by atomic mass is 79.9. The zero-order valence-electron chi connectivity index (χ0n) is 11.6. The predicted molar refractivity (Wildman–Crippen MR) is 78.1 cm³/mol. The average Bonchev–Trinajstić information content (AvgIpc) is 2.85. The number of halogens is 2. The van der Waals surface area contributed by atoms with Crippen molar-refractivity contribution in [3.05, 3.63) is 34.3 Å². The first-order valence-electron chi connectivity index (χ1n) is 6.46. The van der Waals surface area contributed by atoms with Crippen molar-refractivity contribution in [1.29, 1.82) is 0 Å². The number of hydrogen-bond donors (Lipinski definition) is 1. The minimum atomic E-state index is -0.371. The SMILES string of the molecule is CC(C)CNC(C)c1nnnn1-c1ccc(Br)cc1F. The van der Waals surface area contributed by atoms with E-state index in [1.54, 1.807) is 12.1 Å². The third-order valence-electron chi connectivity index (χ3n) is 2.85. The van der Waals surface area contributed by atoms with E-state index < -0.39 is 0 Å². The molecule has 0 fully saturated rings. The summed E-state index contributed by atoms with van der Waals surface area (Å²) in [4.78, 5) is 0. The summed E-state index contributed by atoms with van der Waals surface area (Å²) in [6.07, 6.45) is 0. The van der Waals surface area contributed by atoms with E-state index in [0.29, 0.717) is 21.9 Å². The van der Waals surface area contributed by atoms with Crippen molar-refractivity contribution in [1.82, 2.24) is 25.5 Å². The minimum Gasteiger partial charge on any atom is -0.307 e. The Hall–Kier alpha value is -1.34. The molecule has 5 nitrogen and oxygen atoms in total. The molecule has 0 saturated heterocycles. The lowest BCUT2D eigenvalue weighted by atomic mass is 10.2. The lowest BCUT2D eigenvalue weighted by Crippen LogP contribution is -2.26. The first-order chi connectivity index (χ1) is 9.49. The summed E-state index contributed by atoms with van der Waals surface area (Å²) in [6.45, 7) is 7.05. The molecule has 0 saturated carbocycles. The van der Waals surface area contributed by atoms with E-state index in [1.165, 1.54) is 10.7 Å². The third-order valence-corrected chi connectivity index (χ3v) is 3.34. The molecule has 1 N–H and O–H groups in total. The van der Waals surface area contributed by atoms with E-state index in [0.717, 1.165) is 6.54 Å². The van der Waals surface area contributed by atoms with Crippen LogP contribution in [0, 0.1) is 11.7 Å². The van der Waals surface area contributed by atoms with Gasteiger partial charge < -0.3 is 5.32 Å². The van der Waals surface area contributed by atoms with Crippen molar-refractivity contribution < 1.29 is 4.39 Å². The van der Waals surface area contributed by atoms with Gasteiger partial charge in [0.25, 0.3) is 0 Å². The van der Waals surface area contributed by atoms with Crippen LogP contribution in [0.3, 0.4) is 0 Å². The monoisotopic (exact) mass is 341 g/mol. The molecular weight excluding hydrogens is 325 g/mol. The van der Waals surface area contributed by atoms with Crippen LogP contribution in [0.5, 0.6) is 0 Å². The van der Waals surface area contributed by atoms with Gasteiger partial charge in [-0.3, -0.25) is 0 Å². The highest BCUT2D eigenvalue weighted by molar-refractivity contribution is 9.10. The summed E-state index contributed by atoms with van der Waals surface area (Å²) in [5.74, 6) is 0.738. The highest BCUT2D eigenvalue weighted by Gasteiger charge is 2.18. The first-order valence-corrected chi connectivity index (χ1v) is 7.25. The van der Waals surface area contributed by atoms with Crippen LogP contribution in [-0.4, -0.2) is 26.8 Å². The van der Waals surface area contributed by atoms with E-state index in [4.69, 9.17) is 0 Å². The number of nitrogens with zero attached hydrogens (tertiary/aromatic N) is 4. The maximum Gasteiger partial charge on any atom is 0.173 e. The molecule has 0 bridgehead atoms. The second kappa shape index (κ2) is 6.41. The van der Waals surface area contributed by atoms with E-state index in [-0.39, 0.29) is 11.9 Å². The largest absolute Gasteiger partial charge is 0.307 e. The topological polar surface area (TPSA) is 55.6 Å². The van der Waals surface area contributed by atoms with Crippen molar-refractivity contribution in [2.75, 3.05) is 6.54 Å². The Balaban J connectivity index is 2.28. The fraction of sp³-hybridized carbons (Fsp3) is 0.462. The molecule has 1 aromatic carbocycles. The molecule has 2 rings (SSSR count). The zero-order chi connectivity index (χ0) is 14.7. The number of aromatic nitrogens is 4. The van der Waals surface area contributed by atoms with Crippen molar-refractivity contribution in [2.45, 2.75) is 26.8 Å². The maximum absolute atomic E-state index is 14.0. The number of nitrogens with one attached hydrogen (secondary N) is 1. The molecule has 1 heterocycles. The third kappa shape index (κ3) is 3.40. The van der Waals surface area contributed by atoms with Gasteiger partial charge in [0.15, 0.2) is 5.82 Å². The summed E-state index contributed by atoms with van der Waals surface area (Å²) in [5, 5.41) is 14.9. The molecule has 0 aliphatic heterocycles. The number of benzene rings is 1. The summed E-state index contributed by atoms with van der Waals surface area (Å²) in [5.41, 5.74) is 0.339. The smallest absolute Gasteiger partial charge is 0.173 e. The predicted octanol–water partition coefficient (Wildman–Crippen LogP) is 2.87. The molecule has 20 heavy (non-hydrogen) atoms. The van der Waals surface area contributed by atoms with Crippen LogP contribution in [0.4, 0.5) is 4.39 Å². The van der Waals surface area contributed by atoms with Crippen LogP contribution < -0.4 is 5.32 Å². The maximum atomic E-state index is 14.0. The first kappa shape index (κ1) is 15.1. The molecular formula is C13H17BrFN5. The lowest BCUT2D eigenvalue weighted by Gasteiger charge is -2.15. The van der Waals surface area contributed by atoms with Crippen LogP contribution in [0.1, 0.15) is 32.6 Å². The van der Waals surface area contributed by atoms with E-state index >= 15 is 0 Å². The fourth-order valence-electron chi connectivity index (χ4n) is 1.79. The molecule has 1 atom stereocenters. The Morgan fingerprint density at radius 2 is 2.10 bits per heavy atom. The number of hydrogen-bond acceptors (Lipinski definition) is 4. The standard InChI is InChI=1S/C13H17BrFN5/c1-8(2)7-16-9(3)13-17-18-19-20(13)12-5-4-10(14)6-11(12)15/h4-6,8-9,16H,7H2,1-3H3. The Morgan fingerprint density at radius 3 is 2.75 bits per heavy atom.